The minimum Gasteiger partial charge on any atom is -0.461 e. The second kappa shape index (κ2) is 37.6. The number of unbranched alkanes of at least 4 members (excludes halogenated alkanes) is 8. The van der Waals surface area contributed by atoms with E-state index in [2.05, 4.69) is 38.8 Å². The number of carbonyl (C=O) groups is 9. The van der Waals surface area contributed by atoms with Crippen molar-refractivity contribution in [3.63, 3.8) is 0 Å². The number of esters is 3. The summed E-state index contributed by atoms with van der Waals surface area (Å²) in [6.45, 7) is 23.0. The quantitative estimate of drug-likeness (QED) is 0.0177. The van der Waals surface area contributed by atoms with Gasteiger partial charge in [0.15, 0.2) is 0 Å². The van der Waals surface area contributed by atoms with Crippen LogP contribution in [-0.4, -0.2) is 108 Å². The number of carbonyl (C=O) groups excluding carboxylic acids is 9. The maximum absolute atomic E-state index is 14.6. The molecule has 0 saturated heterocycles. The van der Waals surface area contributed by atoms with Gasteiger partial charge in [-0.05, 0) is 105 Å². The minimum absolute atomic E-state index is 0.0234. The molecule has 1 aliphatic carbocycles. The van der Waals surface area contributed by atoms with Crippen molar-refractivity contribution in [1.82, 2.24) is 31.9 Å². The van der Waals surface area contributed by atoms with Gasteiger partial charge in [0.25, 0.3) is 0 Å². The summed E-state index contributed by atoms with van der Waals surface area (Å²) in [5.41, 5.74) is 4.00. The normalized spacial score (nSPS) is 14.7. The zero-order valence-electron chi connectivity index (χ0n) is 55.3. The molecule has 3 aromatic rings. The molecule has 0 aliphatic heterocycles. The largest absolute Gasteiger partial charge is 0.461 e. The fourth-order valence-corrected chi connectivity index (χ4v) is 10.7. The summed E-state index contributed by atoms with van der Waals surface area (Å²) in [5.74, 6) is -7.58. The molecule has 0 radical (unpaired) electrons. The standard InChI is InChI=1S/C70H104N6O13/c1-14-16-17-18-19-20-21-22-26-33-50(40-59(77)86-42-49-31-24-23-25-32-49)88-68(84)62(47(9)15-2)76-66(82)57(39-45(5)6)73-64(80)58(41-60(78)89-70(11,12)13)74-67(83)61(46(7)8)75-65(81)56(38-44(3)4)72-63(79)48(10)71-69(85)87-43-55-53-36-29-27-34-51(53)52-35-28-30-37-54(52)55/h23-25,27-32,34-37,44-48,50,55-58,61-62H,14-22,26,33,38-43H2,1-13H3,(H,71,85)(H,72,79)(H,73,80)(H,74,83)(H,75,81)(H,76,82)/t47-,48-,50?,56+,57+,58-,61-,62-/m0/s1. The van der Waals surface area contributed by atoms with Crippen LogP contribution >= 0.6 is 0 Å². The first-order valence-electron chi connectivity index (χ1n) is 32.5. The molecular formula is C70H104N6O13. The van der Waals surface area contributed by atoms with Crippen molar-refractivity contribution >= 4 is 53.5 Å². The van der Waals surface area contributed by atoms with Crippen molar-refractivity contribution in [2.24, 2.45) is 23.7 Å². The van der Waals surface area contributed by atoms with E-state index in [1.54, 1.807) is 41.5 Å². The summed E-state index contributed by atoms with van der Waals surface area (Å²) >= 11 is 0. The molecule has 19 nitrogen and oxygen atoms in total. The highest BCUT2D eigenvalue weighted by Gasteiger charge is 2.38. The Morgan fingerprint density at radius 3 is 1.53 bits per heavy atom. The molecule has 6 N–H and O–H groups in total. The van der Waals surface area contributed by atoms with Gasteiger partial charge in [-0.2, -0.15) is 0 Å². The molecule has 0 fully saturated rings. The second-order valence-electron chi connectivity index (χ2n) is 26.1. The third kappa shape index (κ3) is 26.0. The molecule has 492 valence electrons. The van der Waals surface area contributed by atoms with Crippen LogP contribution in [0, 0.1) is 23.7 Å². The first kappa shape index (κ1) is 74.2. The molecule has 4 rings (SSSR count). The summed E-state index contributed by atoms with van der Waals surface area (Å²) < 4.78 is 23.0. The second-order valence-corrected chi connectivity index (χ2v) is 26.1. The predicted molar refractivity (Wildman–Crippen MR) is 344 cm³/mol. The molecule has 0 spiro atoms. The smallest absolute Gasteiger partial charge is 0.407 e. The molecule has 8 atom stereocenters. The van der Waals surface area contributed by atoms with Crippen LogP contribution in [0.3, 0.4) is 0 Å². The van der Waals surface area contributed by atoms with Gasteiger partial charge in [-0.3, -0.25) is 33.6 Å². The van der Waals surface area contributed by atoms with Crippen LogP contribution in [0.1, 0.15) is 209 Å². The number of nitrogens with one attached hydrogen (secondary N) is 6. The SMILES string of the molecule is CCCCCCCCCCCC(CC(=O)OCc1ccccc1)OC(=O)[C@@H](NC(=O)[C@@H](CC(C)C)NC(=O)[C@H](CC(=O)OC(C)(C)C)NC(=O)[C@@H](NC(=O)[C@@H](CC(C)C)NC(=O)[C@H](C)NC(=O)OCC1c2ccccc2-c2ccccc21)C(C)C)[C@@H](C)CC. The fraction of sp³-hybridized carbons (Fsp3) is 0.614. The van der Waals surface area contributed by atoms with Crippen LogP contribution in [0.15, 0.2) is 78.9 Å². The Labute approximate surface area is 529 Å². The average molecular weight is 1240 g/mol. The van der Waals surface area contributed by atoms with Gasteiger partial charge < -0.3 is 50.8 Å². The Kier molecular flexibility index (Phi) is 31.4. The summed E-state index contributed by atoms with van der Waals surface area (Å²) in [5, 5.41) is 16.3. The highest BCUT2D eigenvalue weighted by Crippen LogP contribution is 2.44. The van der Waals surface area contributed by atoms with Crippen LogP contribution in [0.25, 0.3) is 11.1 Å². The van der Waals surface area contributed by atoms with Crippen LogP contribution in [0.5, 0.6) is 0 Å². The molecule has 0 bridgehead atoms. The average Bonchev–Trinajstić information content (AvgIpc) is 1.70. The van der Waals surface area contributed by atoms with Crippen LogP contribution < -0.4 is 31.9 Å². The number of ether oxygens (including phenoxy) is 4. The van der Waals surface area contributed by atoms with Crippen LogP contribution in [-0.2, 0) is 63.9 Å². The molecule has 0 aromatic heterocycles. The lowest BCUT2D eigenvalue weighted by molar-refractivity contribution is -0.160. The fourth-order valence-electron chi connectivity index (χ4n) is 10.7. The molecule has 6 amide bonds. The Morgan fingerprint density at radius 2 is 1.00 bits per heavy atom. The van der Waals surface area contributed by atoms with Crippen molar-refractivity contribution in [2.75, 3.05) is 6.61 Å². The van der Waals surface area contributed by atoms with Crippen molar-refractivity contribution in [1.29, 1.82) is 0 Å². The third-order valence-corrected chi connectivity index (χ3v) is 15.7. The number of alkyl carbamates (subject to hydrolysis) is 1. The summed E-state index contributed by atoms with van der Waals surface area (Å²) in [4.78, 5) is 126. The van der Waals surface area contributed by atoms with E-state index in [9.17, 15) is 43.2 Å². The summed E-state index contributed by atoms with van der Waals surface area (Å²) in [6, 6.07) is 17.3. The van der Waals surface area contributed by atoms with Gasteiger partial charge in [-0.25, -0.2) is 9.59 Å². The van der Waals surface area contributed by atoms with E-state index in [1.807, 2.05) is 113 Å². The zero-order valence-corrected chi connectivity index (χ0v) is 55.3. The van der Waals surface area contributed by atoms with Gasteiger partial charge in [0.1, 0.15) is 61.2 Å². The van der Waals surface area contributed by atoms with E-state index in [-0.39, 0.29) is 50.2 Å². The van der Waals surface area contributed by atoms with Crippen LogP contribution in [0.2, 0.25) is 0 Å². The topological polar surface area (TPSA) is 263 Å². The predicted octanol–water partition coefficient (Wildman–Crippen LogP) is 10.8. The Bertz CT molecular complexity index is 2720. The first-order chi connectivity index (χ1) is 42.2. The first-order valence-corrected chi connectivity index (χ1v) is 32.5. The minimum atomic E-state index is -1.63. The van der Waals surface area contributed by atoms with E-state index in [1.165, 1.54) is 32.6 Å². The van der Waals surface area contributed by atoms with E-state index in [0.717, 1.165) is 53.5 Å². The van der Waals surface area contributed by atoms with Gasteiger partial charge in [-0.1, -0.05) is 199 Å². The number of rotatable bonds is 38. The van der Waals surface area contributed by atoms with Gasteiger partial charge in [0.2, 0.25) is 29.5 Å². The van der Waals surface area contributed by atoms with Crippen LogP contribution in [0.4, 0.5) is 4.79 Å². The molecule has 1 unspecified atom stereocenters. The highest BCUT2D eigenvalue weighted by molar-refractivity contribution is 5.98. The third-order valence-electron chi connectivity index (χ3n) is 15.7. The Hall–Kier alpha value is -7.31. The maximum atomic E-state index is 14.6. The van der Waals surface area contributed by atoms with Crippen molar-refractivity contribution in [3.05, 3.63) is 95.6 Å². The van der Waals surface area contributed by atoms with Gasteiger partial charge in [-0.15, -0.1) is 0 Å². The monoisotopic (exact) mass is 1240 g/mol. The highest BCUT2D eigenvalue weighted by atomic mass is 16.6. The molecule has 1 aliphatic rings. The van der Waals surface area contributed by atoms with Crippen molar-refractivity contribution < 1.29 is 62.1 Å². The molecule has 19 heteroatoms. The maximum Gasteiger partial charge on any atom is 0.407 e. The van der Waals surface area contributed by atoms with Gasteiger partial charge in [0.05, 0.1) is 12.8 Å². The lowest BCUT2D eigenvalue weighted by atomic mass is 9.97. The number of fused-ring (bicyclic) bond motifs is 3. The summed E-state index contributed by atoms with van der Waals surface area (Å²) in [6.07, 6.45) is 8.21. The molecule has 3 aromatic carbocycles. The van der Waals surface area contributed by atoms with Gasteiger partial charge in [0, 0.05) is 5.92 Å². The molecule has 0 heterocycles. The van der Waals surface area contributed by atoms with Gasteiger partial charge >= 0.3 is 24.0 Å². The number of benzene rings is 3. The molecule has 89 heavy (non-hydrogen) atoms. The number of hydrogen-bond acceptors (Lipinski definition) is 13. The van der Waals surface area contributed by atoms with Crippen molar-refractivity contribution in [3.8, 4) is 11.1 Å². The van der Waals surface area contributed by atoms with E-state index >= 15 is 0 Å². The summed E-state index contributed by atoms with van der Waals surface area (Å²) in [7, 11) is 0. The number of amides is 6. The Balaban J connectivity index is 1.48. The lowest BCUT2D eigenvalue weighted by Crippen LogP contribution is -2.61. The van der Waals surface area contributed by atoms with E-state index in [4.69, 9.17) is 18.9 Å². The molecular weight excluding hydrogens is 1130 g/mol. The number of hydrogen-bond donors (Lipinski definition) is 6. The van der Waals surface area contributed by atoms with Crippen molar-refractivity contribution in [2.45, 2.75) is 247 Å². The molecule has 0 saturated carbocycles. The lowest BCUT2D eigenvalue weighted by Gasteiger charge is -2.30. The Morgan fingerprint density at radius 1 is 0.506 bits per heavy atom. The van der Waals surface area contributed by atoms with E-state index < -0.39 is 120 Å². The zero-order chi connectivity index (χ0) is 65.8. The van der Waals surface area contributed by atoms with E-state index in [0.29, 0.717) is 19.3 Å².